The Bertz CT molecular complexity index is 414. The second-order valence-electron chi connectivity index (χ2n) is 3.58. The van der Waals surface area contributed by atoms with Gasteiger partial charge in [0.05, 0.1) is 5.75 Å². The Morgan fingerprint density at radius 3 is 3.00 bits per heavy atom. The van der Waals surface area contributed by atoms with Gasteiger partial charge in [0.2, 0.25) is 5.79 Å². The molecule has 92 valence electrons. The third-order valence-corrected chi connectivity index (χ3v) is 3.66. The summed E-state index contributed by atoms with van der Waals surface area (Å²) in [5, 5.41) is 9.50. The molecule has 0 saturated carbocycles. The first kappa shape index (κ1) is 12.4. The molecule has 2 heterocycles. The summed E-state index contributed by atoms with van der Waals surface area (Å²) in [6.45, 7) is 1.63. The van der Waals surface area contributed by atoms with Crippen molar-refractivity contribution in [1.29, 1.82) is 0 Å². The lowest BCUT2D eigenvalue weighted by Crippen LogP contribution is -2.35. The van der Waals surface area contributed by atoms with Crippen LogP contribution in [-0.2, 0) is 9.62 Å². The first-order chi connectivity index (χ1) is 8.18. The lowest BCUT2D eigenvalue weighted by Gasteiger charge is -2.24. The standard InChI is InChI=1S/C9H12N4O3S/c1-9(15-2,16-14)3-17-8-6-7(11-4-10-6)12-5-13-8/h4-6,14H,3H2,1-2H3. The summed E-state index contributed by atoms with van der Waals surface area (Å²) in [5.41, 5.74) is 0. The van der Waals surface area contributed by atoms with Gasteiger partial charge in [0.15, 0.2) is 11.9 Å². The molecule has 2 unspecified atom stereocenters. The fraction of sp³-hybridized carbons (Fsp3) is 0.556. The average Bonchev–Trinajstić information content (AvgIpc) is 2.84. The third-order valence-electron chi connectivity index (χ3n) is 2.37. The lowest BCUT2D eigenvalue weighted by atomic mass is 10.3. The fourth-order valence-electron chi connectivity index (χ4n) is 1.23. The Kier molecular flexibility index (Phi) is 3.67. The zero-order valence-corrected chi connectivity index (χ0v) is 10.2. The normalized spacial score (nSPS) is 25.2. The minimum atomic E-state index is -1.07. The lowest BCUT2D eigenvalue weighted by molar-refractivity contribution is -0.382. The molecule has 2 aliphatic heterocycles. The van der Waals surface area contributed by atoms with Crippen LogP contribution in [0.3, 0.4) is 0 Å². The highest BCUT2D eigenvalue weighted by atomic mass is 32.2. The predicted octanol–water partition coefficient (Wildman–Crippen LogP) is 0.821. The van der Waals surface area contributed by atoms with E-state index in [1.54, 1.807) is 6.92 Å². The average molecular weight is 256 g/mol. The summed E-state index contributed by atoms with van der Waals surface area (Å²) < 4.78 is 5.04. The fourth-order valence-corrected chi connectivity index (χ4v) is 2.26. The number of hydrogen-bond acceptors (Lipinski definition) is 8. The molecular weight excluding hydrogens is 244 g/mol. The van der Waals surface area contributed by atoms with E-state index in [-0.39, 0.29) is 6.04 Å². The molecule has 0 saturated heterocycles. The maximum atomic E-state index is 8.74. The SMILES string of the molecule is COC(C)(CSC1=NC=NC2=NC=NC21)OO. The van der Waals surface area contributed by atoms with E-state index in [4.69, 9.17) is 9.99 Å². The number of amidine groups is 1. The van der Waals surface area contributed by atoms with Crippen LogP contribution in [0, 0.1) is 0 Å². The molecular formula is C9H12N4O3S. The molecule has 1 N–H and O–H groups in total. The minimum absolute atomic E-state index is 0.232. The largest absolute Gasteiger partial charge is 0.350 e. The number of rotatable bonds is 4. The maximum Gasteiger partial charge on any atom is 0.207 e. The molecule has 2 atom stereocenters. The molecule has 2 rings (SSSR count). The Hall–Kier alpha value is -1.09. The summed E-state index contributed by atoms with van der Waals surface area (Å²) in [7, 11) is 1.46. The molecule has 0 aromatic rings. The van der Waals surface area contributed by atoms with Crippen molar-refractivity contribution < 1.29 is 14.9 Å². The van der Waals surface area contributed by atoms with Crippen molar-refractivity contribution in [3.8, 4) is 0 Å². The van der Waals surface area contributed by atoms with Gasteiger partial charge in [-0.15, -0.1) is 11.8 Å². The van der Waals surface area contributed by atoms with Gasteiger partial charge < -0.3 is 4.74 Å². The van der Waals surface area contributed by atoms with Crippen LogP contribution >= 0.6 is 11.8 Å². The summed E-state index contributed by atoms with van der Waals surface area (Å²) in [5.74, 6) is -0.0561. The van der Waals surface area contributed by atoms with Crippen LogP contribution in [0.15, 0.2) is 20.0 Å². The van der Waals surface area contributed by atoms with E-state index in [1.165, 1.54) is 31.5 Å². The summed E-state index contributed by atoms with van der Waals surface area (Å²) in [4.78, 5) is 20.6. The van der Waals surface area contributed by atoms with E-state index in [0.717, 1.165) is 5.04 Å². The van der Waals surface area contributed by atoms with Gasteiger partial charge in [-0.25, -0.2) is 25.1 Å². The molecule has 0 aromatic heterocycles. The van der Waals surface area contributed by atoms with Crippen molar-refractivity contribution in [2.24, 2.45) is 20.0 Å². The van der Waals surface area contributed by atoms with Gasteiger partial charge in [0.1, 0.15) is 17.7 Å². The molecule has 0 spiro atoms. The number of nitrogens with zero attached hydrogens (tertiary/aromatic N) is 4. The molecule has 8 heteroatoms. The van der Waals surface area contributed by atoms with Gasteiger partial charge in [-0.1, -0.05) is 0 Å². The van der Waals surface area contributed by atoms with E-state index in [1.807, 2.05) is 0 Å². The number of fused-ring (bicyclic) bond motifs is 1. The summed E-state index contributed by atoms with van der Waals surface area (Å²) in [6.07, 6.45) is 2.91. The molecule has 0 aliphatic carbocycles. The second-order valence-corrected chi connectivity index (χ2v) is 4.58. The first-order valence-corrected chi connectivity index (χ1v) is 5.87. The molecule has 7 nitrogen and oxygen atoms in total. The van der Waals surface area contributed by atoms with E-state index >= 15 is 0 Å². The highest BCUT2D eigenvalue weighted by Gasteiger charge is 2.31. The van der Waals surface area contributed by atoms with E-state index in [2.05, 4.69) is 24.9 Å². The van der Waals surface area contributed by atoms with Crippen LogP contribution in [0.5, 0.6) is 0 Å². The van der Waals surface area contributed by atoms with Gasteiger partial charge in [-0.2, -0.15) is 0 Å². The van der Waals surface area contributed by atoms with Crippen LogP contribution in [0.25, 0.3) is 0 Å². The molecule has 17 heavy (non-hydrogen) atoms. The number of ether oxygens (including phenoxy) is 1. The number of methoxy groups -OCH3 is 1. The zero-order chi connectivity index (χ0) is 12.3. The van der Waals surface area contributed by atoms with Gasteiger partial charge in [-0.05, 0) is 6.92 Å². The van der Waals surface area contributed by atoms with Crippen molar-refractivity contribution in [2.45, 2.75) is 18.8 Å². The van der Waals surface area contributed by atoms with Gasteiger partial charge in [0.25, 0.3) is 0 Å². The van der Waals surface area contributed by atoms with Crippen molar-refractivity contribution >= 4 is 35.3 Å². The Morgan fingerprint density at radius 2 is 2.29 bits per heavy atom. The second kappa shape index (κ2) is 5.05. The van der Waals surface area contributed by atoms with Crippen LogP contribution in [0.4, 0.5) is 0 Å². The van der Waals surface area contributed by atoms with E-state index in [0.29, 0.717) is 11.6 Å². The summed E-state index contributed by atoms with van der Waals surface area (Å²) >= 11 is 1.38. The predicted molar refractivity (Wildman–Crippen MR) is 67.2 cm³/mol. The number of thioether (sulfide) groups is 1. The van der Waals surface area contributed by atoms with Gasteiger partial charge >= 0.3 is 0 Å². The van der Waals surface area contributed by atoms with Gasteiger partial charge in [0, 0.05) is 7.11 Å². The number of hydrogen-bond donors (Lipinski definition) is 1. The molecule has 0 bridgehead atoms. The minimum Gasteiger partial charge on any atom is -0.350 e. The van der Waals surface area contributed by atoms with Crippen LogP contribution < -0.4 is 0 Å². The van der Waals surface area contributed by atoms with Gasteiger partial charge in [-0.3, -0.25) is 4.99 Å². The van der Waals surface area contributed by atoms with Crippen LogP contribution in [0.2, 0.25) is 0 Å². The van der Waals surface area contributed by atoms with Crippen molar-refractivity contribution in [1.82, 2.24) is 0 Å². The van der Waals surface area contributed by atoms with E-state index in [9.17, 15) is 0 Å². The third kappa shape index (κ3) is 2.60. The molecule has 0 fully saturated rings. The molecule has 0 radical (unpaired) electrons. The first-order valence-electron chi connectivity index (χ1n) is 4.88. The Morgan fingerprint density at radius 1 is 1.47 bits per heavy atom. The quantitative estimate of drug-likeness (QED) is 0.458. The van der Waals surface area contributed by atoms with Crippen LogP contribution in [0.1, 0.15) is 6.92 Å². The topological polar surface area (TPSA) is 88.1 Å². The van der Waals surface area contributed by atoms with Crippen molar-refractivity contribution in [2.75, 3.05) is 12.9 Å². The maximum absolute atomic E-state index is 8.74. The Labute approximate surface area is 102 Å². The molecule has 2 aliphatic rings. The monoisotopic (exact) mass is 256 g/mol. The smallest absolute Gasteiger partial charge is 0.207 e. The highest BCUT2D eigenvalue weighted by Crippen LogP contribution is 2.23. The van der Waals surface area contributed by atoms with Crippen molar-refractivity contribution in [3.05, 3.63) is 0 Å². The van der Waals surface area contributed by atoms with Crippen LogP contribution in [-0.4, -0.2) is 53.5 Å². The Balaban J connectivity index is 2.00. The summed E-state index contributed by atoms with van der Waals surface area (Å²) in [6, 6.07) is -0.232. The molecule has 0 aromatic carbocycles. The van der Waals surface area contributed by atoms with E-state index < -0.39 is 5.79 Å². The molecule has 0 amide bonds. The highest BCUT2D eigenvalue weighted by molar-refractivity contribution is 8.14. The zero-order valence-electron chi connectivity index (χ0n) is 9.40. The van der Waals surface area contributed by atoms with Crippen molar-refractivity contribution in [3.63, 3.8) is 0 Å². The number of aliphatic imine (C=N–C) groups is 4.